The number of nitrogens with one attached hydrogen (secondary N) is 1. The second-order valence-electron chi connectivity index (χ2n) is 9.27. The van der Waals surface area contributed by atoms with Crippen LogP contribution in [0.4, 0.5) is 0 Å². The van der Waals surface area contributed by atoms with Crippen LogP contribution in [0.15, 0.2) is 97.3 Å². The highest BCUT2D eigenvalue weighted by Gasteiger charge is 2.21. The molecule has 5 N–H and O–H groups in total. The lowest BCUT2D eigenvalue weighted by Gasteiger charge is -2.16. The Morgan fingerprint density at radius 3 is 2.34 bits per heavy atom. The first-order valence-electron chi connectivity index (χ1n) is 12.4. The molecular weight excluding hydrogens is 565 g/mol. The zero-order valence-corrected chi connectivity index (χ0v) is 22.9. The summed E-state index contributed by atoms with van der Waals surface area (Å²) in [4.78, 5) is 25.0. The summed E-state index contributed by atoms with van der Waals surface area (Å²) in [5.41, 5.74) is 9.98. The zero-order chi connectivity index (χ0) is 29.1. The van der Waals surface area contributed by atoms with Gasteiger partial charge in [-0.1, -0.05) is 47.5 Å². The molecule has 0 radical (unpaired) electrons. The van der Waals surface area contributed by atoms with E-state index in [1.54, 1.807) is 65.3 Å². The molecule has 0 unspecified atom stereocenters. The molecule has 0 aliphatic carbocycles. The summed E-state index contributed by atoms with van der Waals surface area (Å²) in [7, 11) is 0. The van der Waals surface area contributed by atoms with Crippen molar-refractivity contribution < 1.29 is 24.6 Å². The summed E-state index contributed by atoms with van der Waals surface area (Å²) >= 11 is 12.4. The van der Waals surface area contributed by atoms with E-state index in [9.17, 15) is 19.9 Å². The first-order chi connectivity index (χ1) is 19.7. The Morgan fingerprint density at radius 1 is 0.951 bits per heavy atom. The van der Waals surface area contributed by atoms with Crippen molar-refractivity contribution in [1.29, 1.82) is 0 Å². The fraction of sp³-hybridized carbons (Fsp3) is 0.0667. The molecule has 1 atom stereocenters. The molecule has 3 aromatic carbocycles. The Kier molecular flexibility index (Phi) is 7.91. The molecule has 5 aromatic rings. The van der Waals surface area contributed by atoms with Crippen LogP contribution < -0.4 is 15.8 Å². The van der Waals surface area contributed by atoms with E-state index < -0.39 is 17.9 Å². The van der Waals surface area contributed by atoms with Crippen LogP contribution in [0.25, 0.3) is 28.2 Å². The predicted molar refractivity (Wildman–Crippen MR) is 154 cm³/mol. The van der Waals surface area contributed by atoms with Gasteiger partial charge in [0.2, 0.25) is 18.3 Å². The van der Waals surface area contributed by atoms with Crippen LogP contribution in [-0.2, 0) is 11.2 Å². The minimum Gasteiger partial charge on any atom is -0.508 e. The van der Waals surface area contributed by atoms with Crippen molar-refractivity contribution in [2.45, 2.75) is 12.5 Å². The van der Waals surface area contributed by atoms with Gasteiger partial charge in [-0.2, -0.15) is 5.10 Å². The standard InChI is InChI=1S/C30H23Cl2N5O4/c31-24-12-9-22(15-25(24)32)37-28(16-26(35-37)21-2-1-13-36(41)17-21)19-5-7-20(8-6-19)30(40)34-27(29(33)39)14-18-3-10-23(38)11-4-18/h1-13,15-17,27H,14H2,(H4-,33,34,38,39,40,41)/p+1/t27-/m0/s1. The third kappa shape index (κ3) is 6.32. The van der Waals surface area contributed by atoms with Crippen molar-refractivity contribution in [1.82, 2.24) is 15.1 Å². The second-order valence-corrected chi connectivity index (χ2v) is 10.1. The number of amides is 2. The summed E-state index contributed by atoms with van der Waals surface area (Å²) in [5, 5.41) is 27.6. The SMILES string of the molecule is NC(=O)[C@H](Cc1ccc(O)cc1)NC(=O)c1ccc(-c2cc(-c3ccc[n+](O)c3)nn2-c2ccc(Cl)c(Cl)c2)cc1. The largest absolute Gasteiger partial charge is 0.508 e. The molecular formula is C30H24Cl2N5O4+. The number of carbonyl (C=O) groups is 2. The molecule has 0 fully saturated rings. The van der Waals surface area contributed by atoms with Crippen molar-refractivity contribution in [3.05, 3.63) is 118 Å². The minimum absolute atomic E-state index is 0.0990. The van der Waals surface area contributed by atoms with Gasteiger partial charge >= 0.3 is 0 Å². The van der Waals surface area contributed by atoms with Gasteiger partial charge in [0, 0.05) is 28.3 Å². The van der Waals surface area contributed by atoms with Gasteiger partial charge in [0.25, 0.3) is 5.91 Å². The minimum atomic E-state index is -0.939. The van der Waals surface area contributed by atoms with Gasteiger partial charge < -0.3 is 16.2 Å². The molecule has 2 heterocycles. The number of phenols is 1. The third-order valence-corrected chi connectivity index (χ3v) is 7.15. The molecule has 9 nitrogen and oxygen atoms in total. The summed E-state index contributed by atoms with van der Waals surface area (Å²) in [5.74, 6) is -1.04. The van der Waals surface area contributed by atoms with Gasteiger partial charge in [-0.15, -0.1) is 0 Å². The number of nitrogens with zero attached hydrogens (tertiary/aromatic N) is 3. The number of aromatic hydroxyl groups is 1. The van der Waals surface area contributed by atoms with Crippen molar-refractivity contribution in [2.75, 3.05) is 0 Å². The quantitative estimate of drug-likeness (QED) is 0.155. The Morgan fingerprint density at radius 2 is 1.68 bits per heavy atom. The topological polar surface area (TPSA) is 134 Å². The van der Waals surface area contributed by atoms with Crippen molar-refractivity contribution in [2.24, 2.45) is 5.73 Å². The Hall–Kier alpha value is -4.86. The highest BCUT2D eigenvalue weighted by atomic mass is 35.5. The summed E-state index contributed by atoms with van der Waals surface area (Å²) < 4.78 is 2.64. The van der Waals surface area contributed by atoms with Gasteiger partial charge in [-0.3, -0.25) is 14.8 Å². The first kappa shape index (κ1) is 27.7. The molecule has 41 heavy (non-hydrogen) atoms. The van der Waals surface area contributed by atoms with E-state index in [1.165, 1.54) is 24.5 Å². The molecule has 0 aliphatic heterocycles. The monoisotopic (exact) mass is 588 g/mol. The van der Waals surface area contributed by atoms with E-state index >= 15 is 0 Å². The summed E-state index contributed by atoms with van der Waals surface area (Å²) in [6.45, 7) is 0. The first-order valence-corrected chi connectivity index (χ1v) is 13.2. The molecule has 206 valence electrons. The number of aromatic nitrogens is 3. The fourth-order valence-electron chi connectivity index (χ4n) is 4.28. The molecule has 11 heteroatoms. The van der Waals surface area contributed by atoms with Crippen LogP contribution >= 0.6 is 23.2 Å². The van der Waals surface area contributed by atoms with E-state index in [0.29, 0.717) is 38.2 Å². The van der Waals surface area contributed by atoms with Crippen LogP contribution in [0.3, 0.4) is 0 Å². The highest BCUT2D eigenvalue weighted by Crippen LogP contribution is 2.31. The predicted octanol–water partition coefficient (Wildman–Crippen LogP) is 4.57. The smallest absolute Gasteiger partial charge is 0.251 e. The van der Waals surface area contributed by atoms with E-state index in [4.69, 9.17) is 34.0 Å². The van der Waals surface area contributed by atoms with E-state index in [0.717, 1.165) is 15.9 Å². The average molecular weight is 589 g/mol. The van der Waals surface area contributed by atoms with E-state index in [-0.39, 0.29) is 12.2 Å². The number of phenolic OH excluding ortho intramolecular Hbond substituents is 1. The summed E-state index contributed by atoms with van der Waals surface area (Å²) in [6, 6.07) is 22.7. The lowest BCUT2D eigenvalue weighted by molar-refractivity contribution is -0.904. The number of pyridine rings is 1. The Bertz CT molecular complexity index is 1740. The van der Waals surface area contributed by atoms with Gasteiger partial charge in [0.15, 0.2) is 0 Å². The number of rotatable bonds is 8. The third-order valence-electron chi connectivity index (χ3n) is 6.41. The van der Waals surface area contributed by atoms with Gasteiger partial charge in [-0.05, 0) is 60.2 Å². The van der Waals surface area contributed by atoms with E-state index in [2.05, 4.69) is 5.32 Å². The van der Waals surface area contributed by atoms with Crippen molar-refractivity contribution >= 4 is 35.0 Å². The molecule has 0 saturated carbocycles. The number of nitrogens with two attached hydrogens (primary N) is 1. The van der Waals surface area contributed by atoms with Crippen molar-refractivity contribution in [3.63, 3.8) is 0 Å². The average Bonchev–Trinajstić information content (AvgIpc) is 3.41. The van der Waals surface area contributed by atoms with Crippen LogP contribution in [-0.4, -0.2) is 38.0 Å². The lowest BCUT2D eigenvalue weighted by Crippen LogP contribution is -2.45. The van der Waals surface area contributed by atoms with Gasteiger partial charge in [-0.25, -0.2) is 4.68 Å². The Balaban J connectivity index is 1.44. The van der Waals surface area contributed by atoms with Gasteiger partial charge in [0.1, 0.15) is 11.8 Å². The van der Waals surface area contributed by atoms with Crippen LogP contribution in [0.2, 0.25) is 10.0 Å². The molecule has 0 saturated heterocycles. The number of benzene rings is 3. The normalized spacial score (nSPS) is 11.7. The van der Waals surface area contributed by atoms with Crippen LogP contribution in [0.1, 0.15) is 15.9 Å². The molecule has 0 spiro atoms. The molecule has 0 bridgehead atoms. The van der Waals surface area contributed by atoms with Crippen LogP contribution in [0.5, 0.6) is 5.75 Å². The second kappa shape index (κ2) is 11.7. The fourth-order valence-corrected chi connectivity index (χ4v) is 4.57. The zero-order valence-electron chi connectivity index (χ0n) is 21.4. The number of halogens is 2. The summed E-state index contributed by atoms with van der Waals surface area (Å²) in [6.07, 6.45) is 3.21. The van der Waals surface area contributed by atoms with E-state index in [1.807, 2.05) is 12.1 Å². The number of hydrogen-bond acceptors (Lipinski definition) is 5. The number of carbonyl (C=O) groups excluding carboxylic acids is 2. The maximum Gasteiger partial charge on any atom is 0.251 e. The molecule has 5 rings (SSSR count). The number of hydrogen-bond donors (Lipinski definition) is 4. The van der Waals surface area contributed by atoms with Gasteiger partial charge in [0.05, 0.1) is 32.7 Å². The van der Waals surface area contributed by atoms with Crippen molar-refractivity contribution in [3.8, 4) is 34.0 Å². The molecule has 0 aliphatic rings. The number of primary amides is 1. The molecule has 2 aromatic heterocycles. The maximum absolute atomic E-state index is 13.0. The molecule has 2 amide bonds. The maximum atomic E-state index is 13.0. The Labute approximate surface area is 245 Å². The van der Waals surface area contributed by atoms with Crippen LogP contribution in [0, 0.1) is 0 Å². The highest BCUT2D eigenvalue weighted by molar-refractivity contribution is 6.42. The lowest BCUT2D eigenvalue weighted by atomic mass is 10.0.